The molecule has 1 saturated heterocycles. The molecule has 1 fully saturated rings. The van der Waals surface area contributed by atoms with E-state index in [0.717, 1.165) is 48.6 Å². The summed E-state index contributed by atoms with van der Waals surface area (Å²) in [6, 6.07) is 13.2. The summed E-state index contributed by atoms with van der Waals surface area (Å²) in [5.41, 5.74) is 1.52. The molecule has 0 bridgehead atoms. The van der Waals surface area contributed by atoms with Crippen molar-refractivity contribution in [3.63, 3.8) is 0 Å². The van der Waals surface area contributed by atoms with Crippen LogP contribution in [0.1, 0.15) is 10.4 Å². The van der Waals surface area contributed by atoms with Crippen LogP contribution in [-0.4, -0.2) is 92.6 Å². The van der Waals surface area contributed by atoms with Crippen LogP contribution < -0.4 is 19.7 Å². The number of halogens is 2. The van der Waals surface area contributed by atoms with Gasteiger partial charge in [0.15, 0.2) is 0 Å². The third-order valence-electron chi connectivity index (χ3n) is 5.41. The van der Waals surface area contributed by atoms with Crippen molar-refractivity contribution in [1.82, 2.24) is 10.2 Å². The molecule has 3 rings (SSSR count). The largest absolute Gasteiger partial charge is 0.495 e. The number of para-hydroxylation sites is 2. The molecule has 2 aromatic carbocycles. The number of alkyl halides is 1. The van der Waals surface area contributed by atoms with Gasteiger partial charge in [-0.15, -0.1) is 0 Å². The van der Waals surface area contributed by atoms with Gasteiger partial charge in [0.05, 0.1) is 18.4 Å². The molecule has 1 heterocycles. The minimum atomic E-state index is -1.82. The van der Waals surface area contributed by atoms with Crippen molar-refractivity contribution in [1.29, 1.82) is 0 Å². The zero-order valence-electron chi connectivity index (χ0n) is 20.9. The monoisotopic (exact) mass is 595 g/mol. The van der Waals surface area contributed by atoms with Crippen molar-refractivity contribution in [2.45, 2.75) is 0 Å². The van der Waals surface area contributed by atoms with E-state index in [1.807, 2.05) is 24.3 Å². The number of nitrogens with zero attached hydrogens (tertiary/aromatic N) is 2. The quantitative estimate of drug-likeness (QED) is 0.280. The Morgan fingerprint density at radius 2 is 1.71 bits per heavy atom. The number of rotatable bonds is 10. The fraction of sp³-hybridized carbons (Fsp3) is 0.346. The molecule has 1 aliphatic heterocycles. The Hall–Kier alpha value is -3.64. The Morgan fingerprint density at radius 3 is 2.34 bits per heavy atom. The van der Waals surface area contributed by atoms with E-state index in [9.17, 15) is 9.18 Å². The number of nitrogens with one attached hydrogen (secondary N) is 1. The van der Waals surface area contributed by atoms with Crippen LogP contribution >= 0.6 is 15.9 Å². The van der Waals surface area contributed by atoms with Crippen molar-refractivity contribution in [2.75, 3.05) is 64.6 Å². The van der Waals surface area contributed by atoms with Gasteiger partial charge < -0.3 is 29.9 Å². The van der Waals surface area contributed by atoms with Gasteiger partial charge in [0.25, 0.3) is 5.91 Å². The number of carboxylic acid groups (broad SMARTS) is 2. The lowest BCUT2D eigenvalue weighted by Crippen LogP contribution is -2.46. The van der Waals surface area contributed by atoms with Crippen LogP contribution in [0.25, 0.3) is 0 Å². The maximum Gasteiger partial charge on any atom is 0.414 e. The highest BCUT2D eigenvalue weighted by atomic mass is 79.9. The summed E-state index contributed by atoms with van der Waals surface area (Å²) < 4.78 is 24.0. The fourth-order valence-electron chi connectivity index (χ4n) is 3.57. The Balaban J connectivity index is 0.000000757. The van der Waals surface area contributed by atoms with Gasteiger partial charge in [-0.05, 0) is 30.3 Å². The molecule has 0 aliphatic carbocycles. The van der Waals surface area contributed by atoms with E-state index >= 15 is 0 Å². The first-order valence-corrected chi connectivity index (χ1v) is 12.5. The number of carboxylic acids is 2. The molecule has 12 heteroatoms. The molecule has 0 saturated carbocycles. The number of benzene rings is 2. The number of hydrogen-bond acceptors (Lipinski definition) is 7. The Kier molecular flexibility index (Phi) is 13.1. The predicted octanol–water partition coefficient (Wildman–Crippen LogP) is 3.07. The summed E-state index contributed by atoms with van der Waals surface area (Å²) in [4.78, 5) is 35.4. The number of anilines is 1. The van der Waals surface area contributed by atoms with Crippen LogP contribution in [0.3, 0.4) is 0 Å². The van der Waals surface area contributed by atoms with E-state index in [4.69, 9.17) is 29.3 Å². The van der Waals surface area contributed by atoms with Crippen molar-refractivity contribution in [2.24, 2.45) is 0 Å². The SMILES string of the molecule is COc1ccccc1N1CCN(C/C=C/CNC(=O)c2cc(Br)ccc2OCCF)CC1.O=C(O)C(=O)O. The van der Waals surface area contributed by atoms with Gasteiger partial charge in [0.2, 0.25) is 0 Å². The zero-order valence-corrected chi connectivity index (χ0v) is 22.5. The molecule has 38 heavy (non-hydrogen) atoms. The molecule has 1 amide bonds. The second kappa shape index (κ2) is 16.3. The molecule has 10 nitrogen and oxygen atoms in total. The lowest BCUT2D eigenvalue weighted by Gasteiger charge is -2.36. The van der Waals surface area contributed by atoms with E-state index in [-0.39, 0.29) is 12.5 Å². The van der Waals surface area contributed by atoms with Gasteiger partial charge in [0.1, 0.15) is 24.8 Å². The van der Waals surface area contributed by atoms with Gasteiger partial charge >= 0.3 is 11.9 Å². The summed E-state index contributed by atoms with van der Waals surface area (Å²) in [5.74, 6) is -2.62. The molecule has 0 unspecified atom stereocenters. The Morgan fingerprint density at radius 1 is 1.03 bits per heavy atom. The molecule has 0 atom stereocenters. The Labute approximate surface area is 228 Å². The first kappa shape index (κ1) is 30.6. The lowest BCUT2D eigenvalue weighted by atomic mass is 10.2. The van der Waals surface area contributed by atoms with Gasteiger partial charge in [-0.25, -0.2) is 14.0 Å². The minimum Gasteiger partial charge on any atom is -0.495 e. The average Bonchev–Trinajstić information content (AvgIpc) is 2.92. The Bertz CT molecular complexity index is 1100. The van der Waals surface area contributed by atoms with Crippen molar-refractivity contribution < 1.29 is 38.5 Å². The normalized spacial score (nSPS) is 13.4. The standard InChI is InChI=1S/C24H29BrFN3O3.C2H2O4/c1-31-23-7-3-2-6-21(23)29-15-13-28(14-16-29)12-5-4-11-27-24(30)20-18-19(25)8-9-22(20)32-17-10-26;3-1(4)2(5)6/h2-9,18H,10-17H2,1H3,(H,27,30);(H,3,4)(H,5,6)/b5-4+;. The summed E-state index contributed by atoms with van der Waals surface area (Å²) in [6.45, 7) is 4.36. The summed E-state index contributed by atoms with van der Waals surface area (Å²) in [7, 11) is 1.70. The molecule has 206 valence electrons. The summed E-state index contributed by atoms with van der Waals surface area (Å²) in [6.07, 6.45) is 4.02. The molecule has 0 radical (unpaired) electrons. The first-order chi connectivity index (χ1) is 18.3. The highest BCUT2D eigenvalue weighted by Crippen LogP contribution is 2.28. The van der Waals surface area contributed by atoms with E-state index in [2.05, 4.69) is 43.2 Å². The van der Waals surface area contributed by atoms with E-state index in [1.165, 1.54) is 0 Å². The highest BCUT2D eigenvalue weighted by molar-refractivity contribution is 9.10. The van der Waals surface area contributed by atoms with Crippen LogP contribution in [0.4, 0.5) is 10.1 Å². The summed E-state index contributed by atoms with van der Waals surface area (Å²) >= 11 is 3.36. The van der Waals surface area contributed by atoms with Gasteiger partial charge in [-0.1, -0.05) is 40.2 Å². The molecule has 0 spiro atoms. The molecule has 0 aromatic heterocycles. The average molecular weight is 596 g/mol. The number of carbonyl (C=O) groups is 3. The van der Waals surface area contributed by atoms with Crippen LogP contribution in [-0.2, 0) is 9.59 Å². The number of piperazine rings is 1. The molecule has 1 aliphatic rings. The first-order valence-electron chi connectivity index (χ1n) is 11.7. The maximum absolute atomic E-state index is 12.5. The third-order valence-corrected chi connectivity index (χ3v) is 5.91. The fourth-order valence-corrected chi connectivity index (χ4v) is 3.93. The second-order valence-electron chi connectivity index (χ2n) is 7.93. The number of carbonyl (C=O) groups excluding carboxylic acids is 1. The van der Waals surface area contributed by atoms with E-state index in [1.54, 1.807) is 25.3 Å². The van der Waals surface area contributed by atoms with Gasteiger partial charge in [0, 0.05) is 43.7 Å². The number of ether oxygens (including phenoxy) is 2. The zero-order chi connectivity index (χ0) is 27.9. The minimum absolute atomic E-state index is 0.0773. The number of amides is 1. The van der Waals surface area contributed by atoms with Crippen molar-refractivity contribution in [3.8, 4) is 11.5 Å². The van der Waals surface area contributed by atoms with Crippen molar-refractivity contribution >= 4 is 39.5 Å². The molecule has 2 aromatic rings. The molecular formula is C26H31BrFN3O7. The number of aliphatic carboxylic acids is 2. The van der Waals surface area contributed by atoms with Crippen LogP contribution in [0.15, 0.2) is 59.1 Å². The molecular weight excluding hydrogens is 565 g/mol. The van der Waals surface area contributed by atoms with Crippen LogP contribution in [0, 0.1) is 0 Å². The van der Waals surface area contributed by atoms with E-state index in [0.29, 0.717) is 17.9 Å². The lowest BCUT2D eigenvalue weighted by molar-refractivity contribution is -0.159. The van der Waals surface area contributed by atoms with Crippen LogP contribution in [0.5, 0.6) is 11.5 Å². The maximum atomic E-state index is 12.5. The highest BCUT2D eigenvalue weighted by Gasteiger charge is 2.18. The summed E-state index contributed by atoms with van der Waals surface area (Å²) in [5, 5.41) is 17.6. The number of methoxy groups -OCH3 is 1. The van der Waals surface area contributed by atoms with Gasteiger partial charge in [-0.2, -0.15) is 0 Å². The number of hydrogen-bond donors (Lipinski definition) is 3. The molecule has 3 N–H and O–H groups in total. The topological polar surface area (TPSA) is 129 Å². The predicted molar refractivity (Wildman–Crippen MR) is 144 cm³/mol. The van der Waals surface area contributed by atoms with E-state index < -0.39 is 18.6 Å². The second-order valence-corrected chi connectivity index (χ2v) is 8.84. The smallest absolute Gasteiger partial charge is 0.414 e. The third kappa shape index (κ3) is 10.0. The van der Waals surface area contributed by atoms with Crippen LogP contribution in [0.2, 0.25) is 0 Å². The van der Waals surface area contributed by atoms with Crippen molar-refractivity contribution in [3.05, 3.63) is 64.7 Å². The van der Waals surface area contributed by atoms with Gasteiger partial charge in [-0.3, -0.25) is 9.69 Å².